The Labute approximate surface area is 116 Å². The van der Waals surface area contributed by atoms with E-state index in [9.17, 15) is 4.79 Å². The highest BCUT2D eigenvalue weighted by atomic mass is 16.5. The van der Waals surface area contributed by atoms with Crippen LogP contribution in [-0.4, -0.2) is 48.3 Å². The standard InChI is InChI=1S/C15H27NO3/c1-4-14(19-13-7-5-6-8-13)15(17)16-11(2)9-18-10-12(16)3/h11-14H,4-10H2,1-3H3/t11-,12-,14-/m0/s1. The van der Waals surface area contributed by atoms with Crippen LogP contribution in [-0.2, 0) is 14.3 Å². The fraction of sp³-hybridized carbons (Fsp3) is 0.933. The molecule has 19 heavy (non-hydrogen) atoms. The van der Waals surface area contributed by atoms with E-state index in [1.807, 2.05) is 11.8 Å². The molecule has 0 bridgehead atoms. The lowest BCUT2D eigenvalue weighted by molar-refractivity contribution is -0.160. The summed E-state index contributed by atoms with van der Waals surface area (Å²) in [7, 11) is 0. The maximum atomic E-state index is 12.7. The van der Waals surface area contributed by atoms with Gasteiger partial charge in [-0.05, 0) is 33.1 Å². The molecular weight excluding hydrogens is 242 g/mol. The highest BCUT2D eigenvalue weighted by Gasteiger charge is 2.35. The minimum Gasteiger partial charge on any atom is -0.377 e. The molecule has 2 rings (SSSR count). The van der Waals surface area contributed by atoms with Crippen LogP contribution >= 0.6 is 0 Å². The summed E-state index contributed by atoms with van der Waals surface area (Å²) in [6, 6.07) is 0.301. The topological polar surface area (TPSA) is 38.8 Å². The summed E-state index contributed by atoms with van der Waals surface area (Å²) in [5.41, 5.74) is 0. The zero-order chi connectivity index (χ0) is 13.8. The summed E-state index contributed by atoms with van der Waals surface area (Å²) >= 11 is 0. The molecule has 1 aliphatic carbocycles. The monoisotopic (exact) mass is 269 g/mol. The number of carbonyl (C=O) groups is 1. The Hall–Kier alpha value is -0.610. The molecule has 1 aliphatic heterocycles. The molecule has 4 heteroatoms. The third-order valence-corrected chi connectivity index (χ3v) is 4.23. The fourth-order valence-electron chi connectivity index (χ4n) is 3.19. The minimum atomic E-state index is -0.272. The molecule has 0 aromatic carbocycles. The number of hydrogen-bond acceptors (Lipinski definition) is 3. The van der Waals surface area contributed by atoms with Gasteiger partial charge in [0.2, 0.25) is 0 Å². The highest BCUT2D eigenvalue weighted by Crippen LogP contribution is 2.24. The molecule has 0 aromatic rings. The summed E-state index contributed by atoms with van der Waals surface area (Å²) in [6.45, 7) is 7.41. The van der Waals surface area contributed by atoms with Crippen molar-refractivity contribution >= 4 is 5.91 Å². The average Bonchev–Trinajstić information content (AvgIpc) is 2.88. The van der Waals surface area contributed by atoms with E-state index in [1.165, 1.54) is 12.8 Å². The Balaban J connectivity index is 1.97. The van der Waals surface area contributed by atoms with Gasteiger partial charge in [-0.15, -0.1) is 0 Å². The second-order valence-electron chi connectivity index (χ2n) is 5.92. The van der Waals surface area contributed by atoms with Gasteiger partial charge in [-0.3, -0.25) is 4.79 Å². The van der Waals surface area contributed by atoms with Crippen LogP contribution in [0.15, 0.2) is 0 Å². The Kier molecular flexibility index (Phi) is 5.22. The van der Waals surface area contributed by atoms with Crippen LogP contribution in [0.4, 0.5) is 0 Å². The van der Waals surface area contributed by atoms with Gasteiger partial charge in [-0.25, -0.2) is 0 Å². The first-order valence-corrected chi connectivity index (χ1v) is 7.68. The Morgan fingerprint density at radius 1 is 1.26 bits per heavy atom. The highest BCUT2D eigenvalue weighted by molar-refractivity contribution is 5.81. The quantitative estimate of drug-likeness (QED) is 0.786. The van der Waals surface area contributed by atoms with Crippen molar-refractivity contribution in [3.05, 3.63) is 0 Å². The van der Waals surface area contributed by atoms with E-state index in [0.29, 0.717) is 19.3 Å². The maximum absolute atomic E-state index is 12.7. The van der Waals surface area contributed by atoms with Gasteiger partial charge in [0.25, 0.3) is 5.91 Å². The van der Waals surface area contributed by atoms with Gasteiger partial charge >= 0.3 is 0 Å². The fourth-order valence-corrected chi connectivity index (χ4v) is 3.19. The van der Waals surface area contributed by atoms with Crippen LogP contribution in [0.2, 0.25) is 0 Å². The molecule has 2 aliphatic rings. The SMILES string of the molecule is CC[C@H](OC1CCCC1)C(=O)N1[C@@H](C)COC[C@@H]1C. The molecule has 1 saturated heterocycles. The number of amides is 1. The Bertz CT molecular complexity index is 292. The van der Waals surface area contributed by atoms with E-state index in [1.54, 1.807) is 0 Å². The molecule has 0 radical (unpaired) electrons. The third-order valence-electron chi connectivity index (χ3n) is 4.23. The van der Waals surface area contributed by atoms with Crippen LogP contribution in [0.25, 0.3) is 0 Å². The molecule has 0 spiro atoms. The minimum absolute atomic E-state index is 0.150. The molecule has 4 nitrogen and oxygen atoms in total. The van der Waals surface area contributed by atoms with Crippen molar-refractivity contribution < 1.29 is 14.3 Å². The van der Waals surface area contributed by atoms with Gasteiger partial charge in [-0.1, -0.05) is 19.8 Å². The van der Waals surface area contributed by atoms with Gasteiger partial charge in [0, 0.05) is 0 Å². The summed E-state index contributed by atoms with van der Waals surface area (Å²) in [5, 5.41) is 0. The molecule has 110 valence electrons. The van der Waals surface area contributed by atoms with Crippen molar-refractivity contribution in [2.24, 2.45) is 0 Å². The lowest BCUT2D eigenvalue weighted by Gasteiger charge is -2.40. The van der Waals surface area contributed by atoms with Crippen LogP contribution in [0.1, 0.15) is 52.9 Å². The Morgan fingerprint density at radius 2 is 1.84 bits per heavy atom. The number of hydrogen-bond donors (Lipinski definition) is 0. The predicted molar refractivity (Wildman–Crippen MR) is 74.0 cm³/mol. The molecule has 0 aromatic heterocycles. The first-order chi connectivity index (χ1) is 9.13. The molecular formula is C15H27NO3. The van der Waals surface area contributed by atoms with Gasteiger partial charge in [0.15, 0.2) is 0 Å². The van der Waals surface area contributed by atoms with Crippen LogP contribution in [0.3, 0.4) is 0 Å². The van der Waals surface area contributed by atoms with Crippen molar-refractivity contribution in [2.45, 2.75) is 77.2 Å². The molecule has 0 unspecified atom stereocenters. The summed E-state index contributed by atoms with van der Waals surface area (Å²) < 4.78 is 11.5. The molecule has 1 amide bonds. The molecule has 3 atom stereocenters. The van der Waals surface area contributed by atoms with E-state index >= 15 is 0 Å². The van der Waals surface area contributed by atoms with Gasteiger partial charge in [0.1, 0.15) is 6.10 Å². The molecule has 0 N–H and O–H groups in total. The lowest BCUT2D eigenvalue weighted by Crippen LogP contribution is -2.56. The van der Waals surface area contributed by atoms with E-state index in [0.717, 1.165) is 19.3 Å². The van der Waals surface area contributed by atoms with Crippen molar-refractivity contribution in [1.29, 1.82) is 0 Å². The molecule has 1 heterocycles. The van der Waals surface area contributed by atoms with Gasteiger partial charge in [0.05, 0.1) is 31.4 Å². The number of nitrogens with zero attached hydrogens (tertiary/aromatic N) is 1. The number of ether oxygens (including phenoxy) is 2. The van der Waals surface area contributed by atoms with Crippen LogP contribution in [0, 0.1) is 0 Å². The smallest absolute Gasteiger partial charge is 0.252 e. The zero-order valence-electron chi connectivity index (χ0n) is 12.4. The average molecular weight is 269 g/mol. The van der Waals surface area contributed by atoms with E-state index in [4.69, 9.17) is 9.47 Å². The number of morpholine rings is 1. The zero-order valence-corrected chi connectivity index (χ0v) is 12.4. The van der Waals surface area contributed by atoms with E-state index < -0.39 is 0 Å². The third kappa shape index (κ3) is 3.48. The van der Waals surface area contributed by atoms with Gasteiger partial charge in [-0.2, -0.15) is 0 Å². The summed E-state index contributed by atoms with van der Waals surface area (Å²) in [4.78, 5) is 14.6. The van der Waals surface area contributed by atoms with Gasteiger partial charge < -0.3 is 14.4 Å². The second-order valence-corrected chi connectivity index (χ2v) is 5.92. The normalized spacial score (nSPS) is 30.6. The lowest BCUT2D eigenvalue weighted by atomic mass is 10.1. The first-order valence-electron chi connectivity index (χ1n) is 7.68. The maximum Gasteiger partial charge on any atom is 0.252 e. The number of rotatable bonds is 4. The van der Waals surface area contributed by atoms with Crippen LogP contribution < -0.4 is 0 Å². The first kappa shape index (κ1) is 14.8. The summed E-state index contributed by atoms with van der Waals surface area (Å²) in [5.74, 6) is 0.151. The predicted octanol–water partition coefficient (Wildman–Crippen LogP) is 2.36. The Morgan fingerprint density at radius 3 is 2.37 bits per heavy atom. The van der Waals surface area contributed by atoms with E-state index in [2.05, 4.69) is 13.8 Å². The second kappa shape index (κ2) is 6.71. The van der Waals surface area contributed by atoms with E-state index in [-0.39, 0.29) is 24.1 Å². The van der Waals surface area contributed by atoms with Crippen molar-refractivity contribution in [1.82, 2.24) is 4.90 Å². The van der Waals surface area contributed by atoms with Crippen molar-refractivity contribution in [3.63, 3.8) is 0 Å². The largest absolute Gasteiger partial charge is 0.377 e. The molecule has 1 saturated carbocycles. The summed E-state index contributed by atoms with van der Waals surface area (Å²) in [6.07, 6.45) is 5.47. The van der Waals surface area contributed by atoms with Crippen molar-refractivity contribution in [3.8, 4) is 0 Å². The van der Waals surface area contributed by atoms with Crippen LogP contribution in [0.5, 0.6) is 0 Å². The number of carbonyl (C=O) groups excluding carboxylic acids is 1. The molecule has 2 fully saturated rings. The van der Waals surface area contributed by atoms with Crippen molar-refractivity contribution in [2.75, 3.05) is 13.2 Å².